The molecule has 0 aliphatic rings. The molecule has 3 aromatic carbocycles. The Hall–Kier alpha value is -3.53. The van der Waals surface area contributed by atoms with E-state index in [4.69, 9.17) is 4.18 Å². The Morgan fingerprint density at radius 2 is 1.79 bits per heavy atom. The Kier molecular flexibility index (Phi) is 7.83. The van der Waals surface area contributed by atoms with Crippen molar-refractivity contribution >= 4 is 65.3 Å². The summed E-state index contributed by atoms with van der Waals surface area (Å²) < 4.78 is 31.1. The molecule has 0 unspecified atom stereocenters. The summed E-state index contributed by atoms with van der Waals surface area (Å²) in [4.78, 5) is 22.3. The van der Waals surface area contributed by atoms with Crippen LogP contribution in [0.1, 0.15) is 5.56 Å². The number of carbonyl (C=O) groups excluding carboxylic acids is 1. The van der Waals surface area contributed by atoms with Gasteiger partial charge in [0, 0.05) is 16.6 Å². The van der Waals surface area contributed by atoms with Gasteiger partial charge in [-0.15, -0.1) is 0 Å². The lowest BCUT2D eigenvalue weighted by Crippen LogP contribution is -2.13. The number of non-ortho nitro benzene ring substituents is 1. The van der Waals surface area contributed by atoms with Crippen LogP contribution in [0, 0.1) is 21.4 Å². The highest BCUT2D eigenvalue weighted by atomic mass is 79.9. The molecule has 0 aliphatic carbocycles. The average Bonchev–Trinajstić information content (AvgIpc) is 2.80. The van der Waals surface area contributed by atoms with Gasteiger partial charge >= 0.3 is 10.1 Å². The van der Waals surface area contributed by atoms with Gasteiger partial charge in [0.05, 0.1) is 15.1 Å². The first-order chi connectivity index (χ1) is 16.1. The predicted molar refractivity (Wildman–Crippen MR) is 131 cm³/mol. The Morgan fingerprint density at radius 3 is 2.44 bits per heavy atom. The Balaban J connectivity index is 1.82. The van der Waals surface area contributed by atoms with Crippen molar-refractivity contribution in [2.45, 2.75) is 4.90 Å². The summed E-state index contributed by atoms with van der Waals surface area (Å²) in [7, 11) is -4.36. The van der Waals surface area contributed by atoms with Gasteiger partial charge in [-0.05, 0) is 73.8 Å². The normalized spacial score (nSPS) is 11.4. The second-order valence-corrected chi connectivity index (χ2v) is 9.84. The van der Waals surface area contributed by atoms with Crippen LogP contribution in [0.25, 0.3) is 6.08 Å². The number of nitro groups is 1. The minimum absolute atomic E-state index is 0.0835. The van der Waals surface area contributed by atoms with Crippen LogP contribution in [0.3, 0.4) is 0 Å². The lowest BCUT2D eigenvalue weighted by molar-refractivity contribution is -0.385. The van der Waals surface area contributed by atoms with Gasteiger partial charge in [0.15, 0.2) is 5.75 Å². The molecule has 0 spiro atoms. The van der Waals surface area contributed by atoms with Crippen molar-refractivity contribution in [1.82, 2.24) is 0 Å². The maximum Gasteiger partial charge on any atom is 0.339 e. The summed E-state index contributed by atoms with van der Waals surface area (Å²) in [6.07, 6.45) is 1.33. The number of hydrogen-bond donors (Lipinski definition) is 1. The van der Waals surface area contributed by atoms with Gasteiger partial charge in [-0.1, -0.05) is 24.3 Å². The fourth-order valence-corrected chi connectivity index (χ4v) is 4.62. The summed E-state index contributed by atoms with van der Waals surface area (Å²) in [6, 6.07) is 17.5. The van der Waals surface area contributed by atoms with Crippen molar-refractivity contribution < 1.29 is 22.3 Å². The molecule has 0 radical (unpaired) electrons. The zero-order valence-corrected chi connectivity index (χ0v) is 20.9. The van der Waals surface area contributed by atoms with E-state index in [0.29, 0.717) is 15.7 Å². The number of nitriles is 1. The van der Waals surface area contributed by atoms with Crippen LogP contribution in [-0.4, -0.2) is 19.2 Å². The van der Waals surface area contributed by atoms with Crippen LogP contribution in [-0.2, 0) is 14.9 Å². The third kappa shape index (κ3) is 6.07. The van der Waals surface area contributed by atoms with Crippen molar-refractivity contribution in [3.05, 3.63) is 96.9 Å². The van der Waals surface area contributed by atoms with E-state index >= 15 is 0 Å². The second kappa shape index (κ2) is 10.6. The molecule has 34 heavy (non-hydrogen) atoms. The summed E-state index contributed by atoms with van der Waals surface area (Å²) >= 11 is 6.52. The van der Waals surface area contributed by atoms with Gasteiger partial charge in [0.2, 0.25) is 0 Å². The maximum atomic E-state index is 12.6. The van der Waals surface area contributed by atoms with Crippen LogP contribution in [0.15, 0.2) is 86.1 Å². The summed E-state index contributed by atoms with van der Waals surface area (Å²) in [5.41, 5.74) is 0.338. The van der Waals surface area contributed by atoms with E-state index < -0.39 is 26.6 Å². The molecule has 0 aliphatic heterocycles. The highest BCUT2D eigenvalue weighted by molar-refractivity contribution is 9.11. The molecular weight excluding hydrogens is 594 g/mol. The molecule has 1 N–H and O–H groups in total. The van der Waals surface area contributed by atoms with E-state index in [0.717, 1.165) is 12.1 Å². The minimum Gasteiger partial charge on any atom is -0.378 e. The van der Waals surface area contributed by atoms with Crippen molar-refractivity contribution in [2.24, 2.45) is 0 Å². The molecule has 0 saturated heterocycles. The quantitative estimate of drug-likeness (QED) is 0.124. The molecule has 1 amide bonds. The zero-order chi connectivity index (χ0) is 24.9. The fraction of sp³-hybridized carbons (Fsp3) is 0. The molecule has 0 atom stereocenters. The summed E-state index contributed by atoms with van der Waals surface area (Å²) in [6.45, 7) is 0. The van der Waals surface area contributed by atoms with E-state index in [1.807, 2.05) is 6.07 Å². The van der Waals surface area contributed by atoms with Crippen molar-refractivity contribution in [2.75, 3.05) is 5.32 Å². The topological polar surface area (TPSA) is 139 Å². The predicted octanol–water partition coefficient (Wildman–Crippen LogP) is 5.43. The molecule has 3 aromatic rings. The number of hydrogen-bond acceptors (Lipinski definition) is 7. The van der Waals surface area contributed by atoms with E-state index in [1.165, 1.54) is 36.4 Å². The van der Waals surface area contributed by atoms with Crippen LogP contribution in [0.5, 0.6) is 5.75 Å². The largest absolute Gasteiger partial charge is 0.378 e. The van der Waals surface area contributed by atoms with Crippen LogP contribution >= 0.6 is 31.9 Å². The van der Waals surface area contributed by atoms with Gasteiger partial charge in [0.25, 0.3) is 11.6 Å². The molecule has 3 rings (SSSR count). The first kappa shape index (κ1) is 25.1. The van der Waals surface area contributed by atoms with Gasteiger partial charge in [-0.25, -0.2) is 0 Å². The van der Waals surface area contributed by atoms with E-state index in [-0.39, 0.29) is 20.7 Å². The number of benzene rings is 3. The van der Waals surface area contributed by atoms with E-state index in [9.17, 15) is 28.6 Å². The number of rotatable bonds is 7. The molecule has 0 saturated carbocycles. The molecule has 9 nitrogen and oxygen atoms in total. The number of nitro benzene ring substituents is 1. The molecule has 0 fully saturated rings. The Bertz CT molecular complexity index is 1470. The number of halogens is 2. The number of para-hydroxylation sites is 1. The van der Waals surface area contributed by atoms with Gasteiger partial charge in [0.1, 0.15) is 16.5 Å². The number of amides is 1. The lowest BCUT2D eigenvalue weighted by atomic mass is 10.1. The maximum absolute atomic E-state index is 12.6. The van der Waals surface area contributed by atoms with E-state index in [2.05, 4.69) is 37.2 Å². The number of carbonyl (C=O) groups is 1. The number of anilines is 1. The molecule has 172 valence electrons. The number of nitrogens with one attached hydrogen (secondary N) is 1. The van der Waals surface area contributed by atoms with E-state index in [1.54, 1.807) is 24.3 Å². The van der Waals surface area contributed by atoms with Crippen LogP contribution in [0.4, 0.5) is 11.4 Å². The van der Waals surface area contributed by atoms with Crippen molar-refractivity contribution in [1.29, 1.82) is 5.26 Å². The van der Waals surface area contributed by atoms with Gasteiger partial charge < -0.3 is 9.50 Å². The SMILES string of the molecule is N#C/C(=C\c1ccc(OS(=O)(=O)c2cccc([N+](=O)[O-])c2)c(Br)c1)C(=O)Nc1ccccc1Br. The molecule has 0 heterocycles. The molecular formula is C22H13Br2N3O6S. The van der Waals surface area contributed by atoms with Crippen molar-refractivity contribution in [3.63, 3.8) is 0 Å². The third-order valence-electron chi connectivity index (χ3n) is 4.27. The lowest BCUT2D eigenvalue weighted by Gasteiger charge is -2.10. The highest BCUT2D eigenvalue weighted by Gasteiger charge is 2.21. The van der Waals surface area contributed by atoms with Gasteiger partial charge in [-0.2, -0.15) is 13.7 Å². The van der Waals surface area contributed by atoms with Crippen LogP contribution in [0.2, 0.25) is 0 Å². The summed E-state index contributed by atoms with van der Waals surface area (Å²) in [5, 5.41) is 23.0. The first-order valence-electron chi connectivity index (χ1n) is 9.27. The monoisotopic (exact) mass is 605 g/mol. The Morgan fingerprint density at radius 1 is 1.06 bits per heavy atom. The Labute approximate surface area is 211 Å². The second-order valence-electron chi connectivity index (χ2n) is 6.59. The number of nitrogens with zero attached hydrogens (tertiary/aromatic N) is 2. The standard InChI is InChI=1S/C22H13Br2N3O6S/c23-18-6-1-2-7-20(18)26-22(28)15(13-25)10-14-8-9-21(19(24)11-14)33-34(31,32)17-5-3-4-16(12-17)27(29)30/h1-12H,(H,26,28)/b15-10+. The smallest absolute Gasteiger partial charge is 0.339 e. The minimum atomic E-state index is -4.36. The molecule has 0 aromatic heterocycles. The van der Waals surface area contributed by atoms with Crippen molar-refractivity contribution in [3.8, 4) is 11.8 Å². The van der Waals surface area contributed by atoms with Gasteiger partial charge in [-0.3, -0.25) is 14.9 Å². The molecule has 12 heteroatoms. The highest BCUT2D eigenvalue weighted by Crippen LogP contribution is 2.30. The third-order valence-corrected chi connectivity index (χ3v) is 6.81. The summed E-state index contributed by atoms with van der Waals surface area (Å²) in [5.74, 6) is -0.709. The zero-order valence-electron chi connectivity index (χ0n) is 16.9. The fourth-order valence-electron chi connectivity index (χ4n) is 2.66. The van der Waals surface area contributed by atoms with Crippen LogP contribution < -0.4 is 9.50 Å². The first-order valence-corrected chi connectivity index (χ1v) is 12.3. The molecule has 0 bridgehead atoms. The average molecular weight is 607 g/mol.